The van der Waals surface area contributed by atoms with Crippen molar-refractivity contribution in [3.63, 3.8) is 0 Å². The average Bonchev–Trinajstić information content (AvgIpc) is 2.14. The normalized spacial score (nSPS) is 8.71. The Morgan fingerprint density at radius 3 is 2.86 bits per heavy atom. The fraction of sp³-hybridized carbons (Fsp3) is 0. The van der Waals surface area contributed by atoms with Crippen LogP contribution in [0.1, 0.15) is 0 Å². The number of hydrogen-bond acceptors (Lipinski definition) is 2. The summed E-state index contributed by atoms with van der Waals surface area (Å²) < 4.78 is 0. The molecule has 0 aliphatic heterocycles. The third-order valence-electron chi connectivity index (χ3n) is 0.696. The van der Waals surface area contributed by atoms with Gasteiger partial charge in [0.05, 0.1) is 0 Å². The molecule has 0 atom stereocenters. The average molecular weight is 98.1 g/mol. The molecule has 0 saturated heterocycles. The highest BCUT2D eigenvalue weighted by Crippen LogP contribution is 1.99. The second-order valence-electron chi connectivity index (χ2n) is 1.15. The van der Waals surface area contributed by atoms with Crippen LogP contribution in [0.15, 0.2) is 18.3 Å². The van der Waals surface area contributed by atoms with Crippen molar-refractivity contribution < 1.29 is 4.84 Å². The Kier molecular flexibility index (Phi) is 0.997. The molecule has 0 spiro atoms. The molecule has 0 bridgehead atoms. The van der Waals surface area contributed by atoms with Crippen LogP contribution in [-0.2, 0) is 0 Å². The lowest BCUT2D eigenvalue weighted by atomic mass is 10.7. The number of rotatable bonds is 1. The van der Waals surface area contributed by atoms with Crippen molar-refractivity contribution in [2.45, 2.75) is 0 Å². The van der Waals surface area contributed by atoms with Crippen LogP contribution in [0.3, 0.4) is 0 Å². The van der Waals surface area contributed by atoms with E-state index in [4.69, 9.17) is 5.90 Å². The van der Waals surface area contributed by atoms with E-state index in [0.717, 1.165) is 0 Å². The Morgan fingerprint density at radius 2 is 2.57 bits per heavy atom. The molecule has 1 heterocycles. The van der Waals surface area contributed by atoms with Crippen molar-refractivity contribution in [3.05, 3.63) is 18.3 Å². The van der Waals surface area contributed by atoms with E-state index in [1.165, 1.54) is 0 Å². The van der Waals surface area contributed by atoms with Crippen LogP contribution in [0.2, 0.25) is 0 Å². The first kappa shape index (κ1) is 4.21. The van der Waals surface area contributed by atoms with Gasteiger partial charge in [-0.2, -0.15) is 5.90 Å². The molecule has 0 aromatic carbocycles. The third kappa shape index (κ3) is 0.721. The van der Waals surface area contributed by atoms with Crippen molar-refractivity contribution in [2.24, 2.45) is 5.90 Å². The summed E-state index contributed by atoms with van der Waals surface area (Å²) in [4.78, 5) is 7.04. The molecular formula is C4H6N2O. The first-order chi connectivity index (χ1) is 3.43. The summed E-state index contributed by atoms with van der Waals surface area (Å²) in [6.45, 7) is 0. The highest BCUT2D eigenvalue weighted by Gasteiger charge is 1.82. The predicted molar refractivity (Wildman–Crippen MR) is 25.6 cm³/mol. The summed E-state index contributed by atoms with van der Waals surface area (Å²) in [5.41, 5.74) is 0. The molecule has 0 aliphatic rings. The zero-order chi connectivity index (χ0) is 5.11. The summed E-state index contributed by atoms with van der Waals surface area (Å²) in [5.74, 6) is 5.35. The number of nitrogens with one attached hydrogen (secondary N) is 1. The first-order valence-corrected chi connectivity index (χ1v) is 1.93. The smallest absolute Gasteiger partial charge is 0.215 e. The maximum atomic E-state index is 4.76. The molecule has 3 nitrogen and oxygen atoms in total. The highest BCUT2D eigenvalue weighted by atomic mass is 16.6. The van der Waals surface area contributed by atoms with Crippen LogP contribution in [-0.4, -0.2) is 4.98 Å². The van der Waals surface area contributed by atoms with Crippen LogP contribution in [0, 0.1) is 0 Å². The van der Waals surface area contributed by atoms with Gasteiger partial charge >= 0.3 is 0 Å². The zero-order valence-corrected chi connectivity index (χ0v) is 3.72. The molecule has 1 rings (SSSR count). The maximum absolute atomic E-state index is 4.76. The summed E-state index contributed by atoms with van der Waals surface area (Å²) in [5, 5.41) is 0. The van der Waals surface area contributed by atoms with Crippen LogP contribution >= 0.6 is 0 Å². The second-order valence-corrected chi connectivity index (χ2v) is 1.15. The van der Waals surface area contributed by atoms with Gasteiger partial charge in [0.25, 0.3) is 0 Å². The number of H-pyrrole nitrogens is 1. The van der Waals surface area contributed by atoms with E-state index >= 15 is 0 Å². The third-order valence-corrected chi connectivity index (χ3v) is 0.696. The Balaban J connectivity index is 2.76. The maximum Gasteiger partial charge on any atom is 0.215 e. The van der Waals surface area contributed by atoms with Crippen molar-refractivity contribution >= 4 is 0 Å². The van der Waals surface area contributed by atoms with Crippen molar-refractivity contribution in [3.8, 4) is 5.88 Å². The van der Waals surface area contributed by atoms with E-state index in [9.17, 15) is 0 Å². The summed E-state index contributed by atoms with van der Waals surface area (Å²) >= 11 is 0. The standard InChI is InChI=1S/C4H6N2O/c5-7-4-2-1-3-6-4/h1-3,6H,5H2. The molecule has 0 saturated carbocycles. The molecular weight excluding hydrogens is 92.1 g/mol. The van der Waals surface area contributed by atoms with Crippen LogP contribution in [0.4, 0.5) is 0 Å². The van der Waals surface area contributed by atoms with Crippen molar-refractivity contribution in [2.75, 3.05) is 0 Å². The summed E-state index contributed by atoms with van der Waals surface area (Å²) in [7, 11) is 0. The summed E-state index contributed by atoms with van der Waals surface area (Å²) in [6.07, 6.45) is 1.74. The fourth-order valence-corrected chi connectivity index (χ4v) is 0.387. The number of nitrogens with two attached hydrogens (primary N) is 1. The minimum atomic E-state index is 0.583. The van der Waals surface area contributed by atoms with Gasteiger partial charge < -0.3 is 9.82 Å². The van der Waals surface area contributed by atoms with Gasteiger partial charge in [-0.25, -0.2) is 0 Å². The molecule has 38 valence electrons. The zero-order valence-electron chi connectivity index (χ0n) is 3.72. The van der Waals surface area contributed by atoms with E-state index < -0.39 is 0 Å². The van der Waals surface area contributed by atoms with Gasteiger partial charge in [0, 0.05) is 12.3 Å². The predicted octanol–water partition coefficient (Wildman–Crippen LogP) is 0.267. The summed E-state index contributed by atoms with van der Waals surface area (Å²) in [6, 6.07) is 3.54. The molecule has 7 heavy (non-hydrogen) atoms. The quantitative estimate of drug-likeness (QED) is 0.495. The first-order valence-electron chi connectivity index (χ1n) is 1.93. The van der Waals surface area contributed by atoms with Crippen LogP contribution in [0.25, 0.3) is 0 Å². The van der Waals surface area contributed by atoms with E-state index in [2.05, 4.69) is 9.82 Å². The molecule has 0 radical (unpaired) electrons. The van der Waals surface area contributed by atoms with Gasteiger partial charge in [0.1, 0.15) is 0 Å². The fourth-order valence-electron chi connectivity index (χ4n) is 0.387. The van der Waals surface area contributed by atoms with Crippen molar-refractivity contribution in [1.29, 1.82) is 0 Å². The Labute approximate surface area is 41.0 Å². The van der Waals surface area contributed by atoms with E-state index in [1.54, 1.807) is 12.3 Å². The molecule has 0 unspecified atom stereocenters. The second kappa shape index (κ2) is 1.66. The number of aromatic nitrogens is 1. The van der Waals surface area contributed by atoms with Crippen molar-refractivity contribution in [1.82, 2.24) is 4.98 Å². The topological polar surface area (TPSA) is 51.0 Å². The Morgan fingerprint density at radius 1 is 1.71 bits per heavy atom. The largest absolute Gasteiger partial charge is 0.393 e. The van der Waals surface area contributed by atoms with Gasteiger partial charge in [-0.1, -0.05) is 0 Å². The number of hydrogen-bond donors (Lipinski definition) is 2. The molecule has 3 N–H and O–H groups in total. The van der Waals surface area contributed by atoms with E-state index in [-0.39, 0.29) is 0 Å². The molecule has 1 aromatic rings. The lowest BCUT2D eigenvalue weighted by molar-refractivity contribution is 0.323. The molecule has 1 aromatic heterocycles. The van der Waals surface area contributed by atoms with Gasteiger partial charge in [0.15, 0.2) is 0 Å². The van der Waals surface area contributed by atoms with Gasteiger partial charge in [0.2, 0.25) is 5.88 Å². The molecule has 3 heteroatoms. The SMILES string of the molecule is NOc1ccc[nH]1. The van der Waals surface area contributed by atoms with Gasteiger partial charge in [-0.05, 0) is 6.07 Å². The lowest BCUT2D eigenvalue weighted by Gasteiger charge is -1.86. The minimum Gasteiger partial charge on any atom is -0.393 e. The van der Waals surface area contributed by atoms with E-state index in [0.29, 0.717) is 5.88 Å². The van der Waals surface area contributed by atoms with E-state index in [1.807, 2.05) is 6.07 Å². The lowest BCUT2D eigenvalue weighted by Crippen LogP contribution is -2.01. The Hall–Kier alpha value is -0.960. The highest BCUT2D eigenvalue weighted by molar-refractivity contribution is 5.08. The van der Waals surface area contributed by atoms with Crippen LogP contribution in [0.5, 0.6) is 5.88 Å². The number of aromatic amines is 1. The van der Waals surface area contributed by atoms with Crippen LogP contribution < -0.4 is 10.7 Å². The Bertz CT molecular complexity index is 124. The molecule has 0 amide bonds. The minimum absolute atomic E-state index is 0.583. The monoisotopic (exact) mass is 98.0 g/mol. The van der Waals surface area contributed by atoms with Gasteiger partial charge in [-0.15, -0.1) is 0 Å². The van der Waals surface area contributed by atoms with Gasteiger partial charge in [-0.3, -0.25) is 0 Å². The molecule has 0 aliphatic carbocycles. The molecule has 0 fully saturated rings.